The Morgan fingerprint density at radius 2 is 1.33 bits per heavy atom. The van der Waals surface area contributed by atoms with Crippen LogP contribution in [0.3, 0.4) is 0 Å². The molecule has 3 aromatic rings. The summed E-state index contributed by atoms with van der Waals surface area (Å²) in [7, 11) is 3.86. The summed E-state index contributed by atoms with van der Waals surface area (Å²) in [5.74, 6) is -1.37. The fraction of sp³-hybridized carbons (Fsp3) is 0.130. The van der Waals surface area contributed by atoms with Crippen molar-refractivity contribution >= 4 is 28.9 Å². The van der Waals surface area contributed by atoms with Crippen LogP contribution >= 0.6 is 0 Å². The van der Waals surface area contributed by atoms with E-state index in [-0.39, 0.29) is 34.4 Å². The van der Waals surface area contributed by atoms with Crippen molar-refractivity contribution < 1.29 is 28.7 Å². The van der Waals surface area contributed by atoms with Crippen molar-refractivity contribution in [3.05, 3.63) is 81.9 Å². The van der Waals surface area contributed by atoms with E-state index >= 15 is 0 Å². The average molecular weight is 451 g/mol. The normalized spacial score (nSPS) is 10.2. The molecule has 170 valence electrons. The van der Waals surface area contributed by atoms with Crippen LogP contribution in [0, 0.1) is 10.1 Å². The fourth-order valence-corrected chi connectivity index (χ4v) is 3.17. The predicted octanol–water partition coefficient (Wildman–Crippen LogP) is 4.13. The van der Waals surface area contributed by atoms with Crippen LogP contribution in [-0.4, -0.2) is 38.1 Å². The quantitative estimate of drug-likeness (QED) is 0.389. The van der Waals surface area contributed by atoms with Crippen LogP contribution in [0.1, 0.15) is 20.7 Å². The smallest absolute Gasteiger partial charge is 0.327 e. The number of para-hydroxylation sites is 2. The first-order valence-electron chi connectivity index (χ1n) is 9.65. The Kier molecular flexibility index (Phi) is 7.09. The first-order valence-corrected chi connectivity index (χ1v) is 9.65. The van der Waals surface area contributed by atoms with E-state index in [2.05, 4.69) is 10.6 Å². The highest BCUT2D eigenvalue weighted by atomic mass is 16.6. The van der Waals surface area contributed by atoms with Crippen molar-refractivity contribution in [2.75, 3.05) is 32.0 Å². The Bertz CT molecular complexity index is 1200. The molecule has 0 aliphatic carbocycles. The summed E-state index contributed by atoms with van der Waals surface area (Å²) in [6.45, 7) is 0. The lowest BCUT2D eigenvalue weighted by atomic mass is 10.1. The molecule has 0 bridgehead atoms. The largest absolute Gasteiger partial charge is 0.493 e. The van der Waals surface area contributed by atoms with Crippen molar-refractivity contribution in [1.82, 2.24) is 0 Å². The Labute approximate surface area is 189 Å². The average Bonchev–Trinajstić information content (AvgIpc) is 2.83. The Morgan fingerprint density at radius 1 is 0.788 bits per heavy atom. The standard InChI is InChI=1S/C23H21N3O7/c1-31-18-13-15(19(26(29)30)21(33-3)20(18)32-2)23(28)25-17-12-8-7-11-16(17)24-22(27)14-9-5-4-6-10-14/h4-13H,1-3H3,(H,24,27)(H,25,28). The number of nitro groups is 1. The molecule has 0 aromatic heterocycles. The van der Waals surface area contributed by atoms with Gasteiger partial charge in [-0.2, -0.15) is 0 Å². The third-order valence-electron chi connectivity index (χ3n) is 4.69. The Hall–Kier alpha value is -4.60. The zero-order valence-electron chi connectivity index (χ0n) is 18.1. The van der Waals surface area contributed by atoms with Crippen LogP contribution in [0.25, 0.3) is 0 Å². The molecule has 3 rings (SSSR count). The highest BCUT2D eigenvalue weighted by Gasteiger charge is 2.32. The van der Waals surface area contributed by atoms with Gasteiger partial charge in [0.25, 0.3) is 11.8 Å². The van der Waals surface area contributed by atoms with Gasteiger partial charge in [0.1, 0.15) is 5.56 Å². The Balaban J connectivity index is 1.98. The minimum absolute atomic E-state index is 0.0150. The number of hydrogen-bond donors (Lipinski definition) is 2. The summed E-state index contributed by atoms with van der Waals surface area (Å²) in [6.07, 6.45) is 0. The van der Waals surface area contributed by atoms with Gasteiger partial charge in [-0.05, 0) is 24.3 Å². The van der Waals surface area contributed by atoms with Crippen molar-refractivity contribution in [2.24, 2.45) is 0 Å². The maximum absolute atomic E-state index is 13.1. The molecule has 0 fully saturated rings. The minimum Gasteiger partial charge on any atom is -0.493 e. The lowest BCUT2D eigenvalue weighted by molar-refractivity contribution is -0.386. The van der Waals surface area contributed by atoms with Crippen molar-refractivity contribution in [2.45, 2.75) is 0 Å². The molecule has 0 radical (unpaired) electrons. The minimum atomic E-state index is -0.803. The van der Waals surface area contributed by atoms with Gasteiger partial charge in [0.2, 0.25) is 11.5 Å². The van der Waals surface area contributed by atoms with Gasteiger partial charge in [0.05, 0.1) is 37.6 Å². The molecule has 2 amide bonds. The van der Waals surface area contributed by atoms with E-state index in [9.17, 15) is 19.7 Å². The van der Waals surface area contributed by atoms with E-state index in [0.29, 0.717) is 11.3 Å². The number of carbonyl (C=O) groups excluding carboxylic acids is 2. The number of amides is 2. The van der Waals surface area contributed by atoms with Crippen LogP contribution in [-0.2, 0) is 0 Å². The summed E-state index contributed by atoms with van der Waals surface area (Å²) in [5, 5.41) is 17.1. The van der Waals surface area contributed by atoms with E-state index in [1.165, 1.54) is 27.4 Å². The molecule has 0 atom stereocenters. The Morgan fingerprint density at radius 3 is 1.85 bits per heavy atom. The topological polar surface area (TPSA) is 129 Å². The van der Waals surface area contributed by atoms with Gasteiger partial charge in [-0.15, -0.1) is 0 Å². The molecule has 0 unspecified atom stereocenters. The number of nitro benzene ring substituents is 1. The molecule has 0 saturated carbocycles. The zero-order chi connectivity index (χ0) is 24.0. The number of nitrogens with zero attached hydrogens (tertiary/aromatic N) is 1. The maximum Gasteiger partial charge on any atom is 0.327 e. The van der Waals surface area contributed by atoms with Crippen LogP contribution in [0.5, 0.6) is 17.2 Å². The molecule has 0 aliphatic heterocycles. The first kappa shape index (κ1) is 23.1. The SMILES string of the molecule is COc1cc(C(=O)Nc2ccccc2NC(=O)c2ccccc2)c([N+](=O)[O-])c(OC)c1OC. The van der Waals surface area contributed by atoms with Crippen molar-refractivity contribution in [3.63, 3.8) is 0 Å². The number of rotatable bonds is 8. The second kappa shape index (κ2) is 10.1. The highest BCUT2D eigenvalue weighted by Crippen LogP contribution is 2.46. The summed E-state index contributed by atoms with van der Waals surface area (Å²) in [4.78, 5) is 36.7. The van der Waals surface area contributed by atoms with Gasteiger partial charge in [-0.1, -0.05) is 30.3 Å². The summed E-state index contributed by atoms with van der Waals surface area (Å²) >= 11 is 0. The molecule has 0 heterocycles. The summed E-state index contributed by atoms with van der Waals surface area (Å²) in [6, 6.07) is 16.2. The number of hydrogen-bond acceptors (Lipinski definition) is 7. The second-order valence-electron chi connectivity index (χ2n) is 6.62. The highest BCUT2D eigenvalue weighted by molar-refractivity contribution is 6.12. The molecule has 2 N–H and O–H groups in total. The molecule has 3 aromatic carbocycles. The van der Waals surface area contributed by atoms with Crippen molar-refractivity contribution in [1.29, 1.82) is 0 Å². The molecule has 10 heteroatoms. The molecular formula is C23H21N3O7. The van der Waals surface area contributed by atoms with Gasteiger partial charge in [0.15, 0.2) is 5.75 Å². The molecule has 0 saturated heterocycles. The monoisotopic (exact) mass is 451 g/mol. The lowest BCUT2D eigenvalue weighted by Gasteiger charge is -2.16. The van der Waals surface area contributed by atoms with Gasteiger partial charge >= 0.3 is 5.69 Å². The van der Waals surface area contributed by atoms with Gasteiger partial charge < -0.3 is 24.8 Å². The van der Waals surface area contributed by atoms with E-state index in [4.69, 9.17) is 14.2 Å². The molecule has 10 nitrogen and oxygen atoms in total. The van der Waals surface area contributed by atoms with Crippen molar-refractivity contribution in [3.8, 4) is 17.2 Å². The van der Waals surface area contributed by atoms with Crippen LogP contribution < -0.4 is 24.8 Å². The first-order chi connectivity index (χ1) is 15.9. The van der Waals surface area contributed by atoms with Gasteiger partial charge in [0, 0.05) is 11.6 Å². The number of anilines is 2. The number of methoxy groups -OCH3 is 3. The van der Waals surface area contributed by atoms with Crippen LogP contribution in [0.15, 0.2) is 60.7 Å². The fourth-order valence-electron chi connectivity index (χ4n) is 3.17. The number of ether oxygens (including phenoxy) is 3. The number of benzene rings is 3. The molecule has 0 spiro atoms. The van der Waals surface area contributed by atoms with Crippen LogP contribution in [0.4, 0.5) is 17.1 Å². The lowest BCUT2D eigenvalue weighted by Crippen LogP contribution is -2.18. The summed E-state index contributed by atoms with van der Waals surface area (Å²) in [5.41, 5.74) is 0.0978. The maximum atomic E-state index is 13.1. The number of nitrogens with one attached hydrogen (secondary N) is 2. The van der Waals surface area contributed by atoms with E-state index in [1.54, 1.807) is 54.6 Å². The van der Waals surface area contributed by atoms with E-state index in [0.717, 1.165) is 0 Å². The van der Waals surface area contributed by atoms with E-state index in [1.807, 2.05) is 0 Å². The summed E-state index contributed by atoms with van der Waals surface area (Å²) < 4.78 is 15.5. The third-order valence-corrected chi connectivity index (χ3v) is 4.69. The van der Waals surface area contributed by atoms with Gasteiger partial charge in [-0.25, -0.2) is 0 Å². The van der Waals surface area contributed by atoms with Gasteiger partial charge in [-0.3, -0.25) is 19.7 Å². The second-order valence-corrected chi connectivity index (χ2v) is 6.62. The number of carbonyl (C=O) groups is 2. The zero-order valence-corrected chi connectivity index (χ0v) is 18.1. The third kappa shape index (κ3) is 4.85. The molecule has 33 heavy (non-hydrogen) atoms. The van der Waals surface area contributed by atoms with E-state index < -0.39 is 16.5 Å². The molecule has 0 aliphatic rings. The molecular weight excluding hydrogens is 430 g/mol. The van der Waals surface area contributed by atoms with Crippen LogP contribution in [0.2, 0.25) is 0 Å². The predicted molar refractivity (Wildman–Crippen MR) is 122 cm³/mol.